The third-order valence-electron chi connectivity index (χ3n) is 2.66. The molecule has 0 aliphatic carbocycles. The van der Waals surface area contributed by atoms with Crippen LogP contribution >= 0.6 is 0 Å². The Balaban J connectivity index is 2.06. The maximum absolute atomic E-state index is 11.9. The number of phenolic OH excluding ortho intramolecular Hbond substituents is 1. The second-order valence-electron chi connectivity index (χ2n) is 4.08. The summed E-state index contributed by atoms with van der Waals surface area (Å²) in [6.45, 7) is 0. The monoisotopic (exact) mass is 251 g/mol. The fourth-order valence-electron chi connectivity index (χ4n) is 1.73. The Morgan fingerprint density at radius 2 is 2.00 bits per heavy atom. The molecule has 2 rings (SSSR count). The minimum atomic E-state index is -0.198. The Hall–Kier alpha value is -2.73. The molecule has 2 aromatic carbocycles. The first kappa shape index (κ1) is 12.7. The molecule has 0 heterocycles. The summed E-state index contributed by atoms with van der Waals surface area (Å²) in [6.07, 6.45) is 5.42. The SMILES string of the molecule is C#Cc1cccc(NC(=O)Cc2ccccc2O)c1. The van der Waals surface area contributed by atoms with Gasteiger partial charge in [-0.3, -0.25) is 4.79 Å². The number of anilines is 1. The maximum atomic E-state index is 11.9. The second-order valence-corrected chi connectivity index (χ2v) is 4.08. The van der Waals surface area contributed by atoms with Crippen molar-refractivity contribution in [2.24, 2.45) is 0 Å². The zero-order valence-corrected chi connectivity index (χ0v) is 10.3. The molecule has 94 valence electrons. The topological polar surface area (TPSA) is 49.3 Å². The Morgan fingerprint density at radius 3 is 2.74 bits per heavy atom. The molecule has 0 atom stereocenters. The summed E-state index contributed by atoms with van der Waals surface area (Å²) in [6, 6.07) is 13.8. The summed E-state index contributed by atoms with van der Waals surface area (Å²) in [5, 5.41) is 12.3. The molecule has 0 saturated heterocycles. The van der Waals surface area contributed by atoms with Crippen LogP contribution in [0.2, 0.25) is 0 Å². The van der Waals surface area contributed by atoms with E-state index >= 15 is 0 Å². The standard InChI is InChI=1S/C16H13NO2/c1-2-12-6-5-8-14(10-12)17-16(19)11-13-7-3-4-9-15(13)18/h1,3-10,18H,11H2,(H,17,19). The number of hydrogen-bond acceptors (Lipinski definition) is 2. The summed E-state index contributed by atoms with van der Waals surface area (Å²) in [5.41, 5.74) is 1.95. The number of terminal acetylenes is 1. The molecule has 1 amide bonds. The van der Waals surface area contributed by atoms with Crippen molar-refractivity contribution in [1.82, 2.24) is 0 Å². The number of aromatic hydroxyl groups is 1. The van der Waals surface area contributed by atoms with Crippen LogP contribution in [0, 0.1) is 12.3 Å². The number of para-hydroxylation sites is 1. The second kappa shape index (κ2) is 5.74. The van der Waals surface area contributed by atoms with Crippen LogP contribution in [0.15, 0.2) is 48.5 Å². The van der Waals surface area contributed by atoms with E-state index in [9.17, 15) is 9.90 Å². The fourth-order valence-corrected chi connectivity index (χ4v) is 1.73. The van der Waals surface area contributed by atoms with Gasteiger partial charge in [-0.1, -0.05) is 30.2 Å². The molecule has 0 saturated carbocycles. The molecular formula is C16H13NO2. The predicted molar refractivity (Wildman–Crippen MR) is 74.8 cm³/mol. The molecule has 0 aliphatic rings. The summed E-state index contributed by atoms with van der Waals surface area (Å²) < 4.78 is 0. The first-order valence-electron chi connectivity index (χ1n) is 5.82. The third-order valence-corrected chi connectivity index (χ3v) is 2.66. The molecule has 0 bridgehead atoms. The number of rotatable bonds is 3. The lowest BCUT2D eigenvalue weighted by molar-refractivity contribution is -0.115. The molecule has 0 spiro atoms. The largest absolute Gasteiger partial charge is 0.508 e. The van der Waals surface area contributed by atoms with Crippen LogP contribution in [-0.2, 0) is 11.2 Å². The van der Waals surface area contributed by atoms with Gasteiger partial charge >= 0.3 is 0 Å². The minimum Gasteiger partial charge on any atom is -0.508 e. The lowest BCUT2D eigenvalue weighted by Gasteiger charge is -2.07. The van der Waals surface area contributed by atoms with Gasteiger partial charge in [-0.2, -0.15) is 0 Å². The number of hydrogen-bond donors (Lipinski definition) is 2. The maximum Gasteiger partial charge on any atom is 0.228 e. The van der Waals surface area contributed by atoms with Crippen LogP contribution < -0.4 is 5.32 Å². The van der Waals surface area contributed by atoms with Crippen molar-refractivity contribution < 1.29 is 9.90 Å². The van der Waals surface area contributed by atoms with E-state index in [2.05, 4.69) is 11.2 Å². The molecule has 0 aromatic heterocycles. The molecule has 0 radical (unpaired) electrons. The smallest absolute Gasteiger partial charge is 0.228 e. The molecular weight excluding hydrogens is 238 g/mol. The predicted octanol–water partition coefficient (Wildman–Crippen LogP) is 2.55. The van der Waals surface area contributed by atoms with Gasteiger partial charge in [0.05, 0.1) is 6.42 Å². The number of carbonyl (C=O) groups excluding carboxylic acids is 1. The average Bonchev–Trinajstić information content (AvgIpc) is 2.41. The van der Waals surface area contributed by atoms with Gasteiger partial charge in [0, 0.05) is 16.8 Å². The van der Waals surface area contributed by atoms with E-state index in [4.69, 9.17) is 6.42 Å². The summed E-state index contributed by atoms with van der Waals surface area (Å²) in [4.78, 5) is 11.9. The van der Waals surface area contributed by atoms with Gasteiger partial charge < -0.3 is 10.4 Å². The van der Waals surface area contributed by atoms with Crippen molar-refractivity contribution in [3.63, 3.8) is 0 Å². The van der Waals surface area contributed by atoms with Crippen LogP contribution in [0.1, 0.15) is 11.1 Å². The molecule has 2 aromatic rings. The molecule has 0 aliphatic heterocycles. The van der Waals surface area contributed by atoms with Crippen LogP contribution in [0.3, 0.4) is 0 Å². The van der Waals surface area contributed by atoms with Crippen LogP contribution in [0.5, 0.6) is 5.75 Å². The van der Waals surface area contributed by atoms with E-state index in [0.29, 0.717) is 16.8 Å². The average molecular weight is 251 g/mol. The van der Waals surface area contributed by atoms with Gasteiger partial charge in [-0.25, -0.2) is 0 Å². The van der Waals surface area contributed by atoms with E-state index < -0.39 is 0 Å². The zero-order valence-electron chi connectivity index (χ0n) is 10.3. The van der Waals surface area contributed by atoms with E-state index in [1.165, 1.54) is 0 Å². The lowest BCUT2D eigenvalue weighted by Crippen LogP contribution is -2.14. The molecule has 3 heteroatoms. The third kappa shape index (κ3) is 3.36. The highest BCUT2D eigenvalue weighted by Gasteiger charge is 2.07. The molecule has 0 fully saturated rings. The Bertz CT molecular complexity index is 641. The van der Waals surface area contributed by atoms with Gasteiger partial charge in [0.25, 0.3) is 0 Å². The molecule has 0 unspecified atom stereocenters. The van der Waals surface area contributed by atoms with Crippen LogP contribution in [0.4, 0.5) is 5.69 Å². The van der Waals surface area contributed by atoms with Gasteiger partial charge in [-0.15, -0.1) is 6.42 Å². The van der Waals surface area contributed by atoms with E-state index in [1.807, 2.05) is 0 Å². The van der Waals surface area contributed by atoms with Crippen molar-refractivity contribution in [3.8, 4) is 18.1 Å². The normalized spacial score (nSPS) is 9.63. The Kier molecular flexibility index (Phi) is 3.84. The van der Waals surface area contributed by atoms with E-state index in [0.717, 1.165) is 0 Å². The van der Waals surface area contributed by atoms with Crippen molar-refractivity contribution in [3.05, 3.63) is 59.7 Å². The molecule has 19 heavy (non-hydrogen) atoms. The molecule has 3 nitrogen and oxygen atoms in total. The molecule has 2 N–H and O–H groups in total. The number of amides is 1. The number of benzene rings is 2. The first-order valence-corrected chi connectivity index (χ1v) is 5.82. The quantitative estimate of drug-likeness (QED) is 0.824. The zero-order chi connectivity index (χ0) is 13.7. The van der Waals surface area contributed by atoms with Gasteiger partial charge in [0.15, 0.2) is 0 Å². The number of phenols is 1. The van der Waals surface area contributed by atoms with Crippen molar-refractivity contribution in [2.75, 3.05) is 5.32 Å². The fraction of sp³-hybridized carbons (Fsp3) is 0.0625. The highest BCUT2D eigenvalue weighted by atomic mass is 16.3. The Labute approximate surface area is 111 Å². The number of carbonyl (C=O) groups is 1. The highest BCUT2D eigenvalue weighted by Crippen LogP contribution is 2.17. The summed E-state index contributed by atoms with van der Waals surface area (Å²) in [7, 11) is 0. The van der Waals surface area contributed by atoms with Crippen molar-refractivity contribution in [1.29, 1.82) is 0 Å². The van der Waals surface area contributed by atoms with Crippen molar-refractivity contribution in [2.45, 2.75) is 6.42 Å². The lowest BCUT2D eigenvalue weighted by atomic mass is 10.1. The van der Waals surface area contributed by atoms with Gasteiger partial charge in [0.2, 0.25) is 5.91 Å². The first-order chi connectivity index (χ1) is 9.19. The number of nitrogens with one attached hydrogen (secondary N) is 1. The summed E-state index contributed by atoms with van der Waals surface area (Å²) >= 11 is 0. The van der Waals surface area contributed by atoms with Gasteiger partial charge in [-0.05, 0) is 24.3 Å². The van der Waals surface area contributed by atoms with E-state index in [1.54, 1.807) is 48.5 Å². The van der Waals surface area contributed by atoms with E-state index in [-0.39, 0.29) is 18.1 Å². The van der Waals surface area contributed by atoms with Crippen molar-refractivity contribution >= 4 is 11.6 Å². The Morgan fingerprint density at radius 1 is 1.21 bits per heavy atom. The highest BCUT2D eigenvalue weighted by molar-refractivity contribution is 5.92. The summed E-state index contributed by atoms with van der Waals surface area (Å²) in [5.74, 6) is 2.43. The van der Waals surface area contributed by atoms with Crippen LogP contribution in [-0.4, -0.2) is 11.0 Å². The van der Waals surface area contributed by atoms with Crippen LogP contribution in [0.25, 0.3) is 0 Å². The minimum absolute atomic E-state index is 0.118. The van der Waals surface area contributed by atoms with Gasteiger partial charge in [0.1, 0.15) is 5.75 Å².